The monoisotopic (exact) mass is 301 g/mol. The van der Waals surface area contributed by atoms with Crippen molar-refractivity contribution in [1.29, 1.82) is 0 Å². The first-order chi connectivity index (χ1) is 8.15. The number of benzene rings is 1. The standard InChI is InChI=1S/C13H20BrNO2/c1-4-16-9-17-13-11(8-15-10(2)3)6-5-7-12(13)14/h5-7,10,15H,4,8-9H2,1-3H3. The van der Waals surface area contributed by atoms with Gasteiger partial charge in [0.1, 0.15) is 5.75 Å². The Hall–Kier alpha value is -0.580. The first-order valence-electron chi connectivity index (χ1n) is 5.86. The number of hydrogen-bond acceptors (Lipinski definition) is 3. The van der Waals surface area contributed by atoms with Gasteiger partial charge in [0, 0.05) is 24.8 Å². The molecule has 4 heteroatoms. The Labute approximate surface area is 112 Å². The van der Waals surface area contributed by atoms with Gasteiger partial charge in [-0.2, -0.15) is 0 Å². The average molecular weight is 302 g/mol. The van der Waals surface area contributed by atoms with Crippen LogP contribution in [-0.4, -0.2) is 19.4 Å². The molecule has 0 unspecified atom stereocenters. The topological polar surface area (TPSA) is 30.5 Å². The lowest BCUT2D eigenvalue weighted by molar-refractivity contribution is 0.0213. The first kappa shape index (κ1) is 14.5. The highest BCUT2D eigenvalue weighted by atomic mass is 79.9. The van der Waals surface area contributed by atoms with Crippen LogP contribution in [0.25, 0.3) is 0 Å². The molecule has 0 aromatic heterocycles. The minimum absolute atomic E-state index is 0.286. The molecule has 0 aliphatic heterocycles. The van der Waals surface area contributed by atoms with Crippen LogP contribution in [-0.2, 0) is 11.3 Å². The first-order valence-corrected chi connectivity index (χ1v) is 6.65. The van der Waals surface area contributed by atoms with Crippen molar-refractivity contribution in [2.75, 3.05) is 13.4 Å². The van der Waals surface area contributed by atoms with Crippen molar-refractivity contribution in [3.05, 3.63) is 28.2 Å². The zero-order chi connectivity index (χ0) is 12.7. The molecule has 1 rings (SSSR count). The largest absolute Gasteiger partial charge is 0.466 e. The van der Waals surface area contributed by atoms with Crippen LogP contribution in [0.15, 0.2) is 22.7 Å². The summed E-state index contributed by atoms with van der Waals surface area (Å²) < 4.78 is 11.8. The van der Waals surface area contributed by atoms with Gasteiger partial charge in [-0.3, -0.25) is 0 Å². The second-order valence-electron chi connectivity index (χ2n) is 4.02. The average Bonchev–Trinajstić information content (AvgIpc) is 2.29. The fourth-order valence-electron chi connectivity index (χ4n) is 1.35. The van der Waals surface area contributed by atoms with Crippen LogP contribution >= 0.6 is 15.9 Å². The van der Waals surface area contributed by atoms with E-state index in [2.05, 4.69) is 41.2 Å². The van der Waals surface area contributed by atoms with Gasteiger partial charge < -0.3 is 14.8 Å². The number of halogens is 1. The van der Waals surface area contributed by atoms with Crippen molar-refractivity contribution in [2.45, 2.75) is 33.4 Å². The molecule has 0 bridgehead atoms. The molecule has 96 valence electrons. The van der Waals surface area contributed by atoms with Gasteiger partial charge in [0.05, 0.1) is 4.47 Å². The lowest BCUT2D eigenvalue weighted by atomic mass is 10.2. The molecule has 0 amide bonds. The summed E-state index contributed by atoms with van der Waals surface area (Å²) in [6, 6.07) is 6.49. The second kappa shape index (κ2) is 7.69. The van der Waals surface area contributed by atoms with Gasteiger partial charge in [0.15, 0.2) is 6.79 Å². The molecule has 0 saturated heterocycles. The van der Waals surface area contributed by atoms with E-state index < -0.39 is 0 Å². The van der Waals surface area contributed by atoms with Gasteiger partial charge >= 0.3 is 0 Å². The van der Waals surface area contributed by atoms with Crippen molar-refractivity contribution < 1.29 is 9.47 Å². The Morgan fingerprint density at radius 1 is 1.35 bits per heavy atom. The van der Waals surface area contributed by atoms with E-state index in [1.807, 2.05) is 19.1 Å². The normalized spacial score (nSPS) is 10.9. The molecule has 3 nitrogen and oxygen atoms in total. The molecule has 1 aromatic rings. The van der Waals surface area contributed by atoms with Gasteiger partial charge in [-0.05, 0) is 28.9 Å². The SMILES string of the molecule is CCOCOc1c(Br)cccc1CNC(C)C. The molecule has 0 fully saturated rings. The van der Waals surface area contributed by atoms with Crippen LogP contribution in [0, 0.1) is 0 Å². The molecular weight excluding hydrogens is 282 g/mol. The zero-order valence-corrected chi connectivity index (χ0v) is 12.2. The summed E-state index contributed by atoms with van der Waals surface area (Å²) in [6.07, 6.45) is 0. The molecule has 0 radical (unpaired) electrons. The number of para-hydroxylation sites is 1. The zero-order valence-electron chi connectivity index (χ0n) is 10.6. The van der Waals surface area contributed by atoms with Crippen molar-refractivity contribution >= 4 is 15.9 Å². The fraction of sp³-hybridized carbons (Fsp3) is 0.538. The minimum Gasteiger partial charge on any atom is -0.466 e. The summed E-state index contributed by atoms with van der Waals surface area (Å²) in [5.41, 5.74) is 1.13. The highest BCUT2D eigenvalue weighted by molar-refractivity contribution is 9.10. The highest BCUT2D eigenvalue weighted by Crippen LogP contribution is 2.29. The maximum Gasteiger partial charge on any atom is 0.189 e. The Bertz CT molecular complexity index is 342. The van der Waals surface area contributed by atoms with Gasteiger partial charge in [-0.1, -0.05) is 26.0 Å². The molecule has 0 spiro atoms. The Balaban J connectivity index is 2.69. The summed E-state index contributed by atoms with van der Waals surface area (Å²) >= 11 is 3.50. The molecule has 0 saturated carbocycles. The van der Waals surface area contributed by atoms with Gasteiger partial charge in [-0.15, -0.1) is 0 Å². The molecule has 0 heterocycles. The van der Waals surface area contributed by atoms with E-state index in [-0.39, 0.29) is 6.79 Å². The summed E-state index contributed by atoms with van der Waals surface area (Å²) in [4.78, 5) is 0. The summed E-state index contributed by atoms with van der Waals surface area (Å²) in [5, 5.41) is 3.38. The molecule has 17 heavy (non-hydrogen) atoms. The van der Waals surface area contributed by atoms with E-state index in [0.717, 1.165) is 22.3 Å². The van der Waals surface area contributed by atoms with Crippen LogP contribution < -0.4 is 10.1 Å². The lowest BCUT2D eigenvalue weighted by Gasteiger charge is -2.15. The van der Waals surface area contributed by atoms with Crippen LogP contribution in [0.3, 0.4) is 0 Å². The lowest BCUT2D eigenvalue weighted by Crippen LogP contribution is -2.22. The smallest absolute Gasteiger partial charge is 0.189 e. The molecular formula is C13H20BrNO2. The fourth-order valence-corrected chi connectivity index (χ4v) is 1.87. The van der Waals surface area contributed by atoms with Gasteiger partial charge in [0.2, 0.25) is 0 Å². The van der Waals surface area contributed by atoms with E-state index in [1.165, 1.54) is 0 Å². The number of ether oxygens (including phenoxy) is 2. The van der Waals surface area contributed by atoms with Crippen molar-refractivity contribution in [2.24, 2.45) is 0 Å². The van der Waals surface area contributed by atoms with Crippen LogP contribution in [0.5, 0.6) is 5.75 Å². The van der Waals surface area contributed by atoms with Crippen molar-refractivity contribution in [1.82, 2.24) is 5.32 Å². The molecule has 1 N–H and O–H groups in total. The van der Waals surface area contributed by atoms with E-state index in [9.17, 15) is 0 Å². The van der Waals surface area contributed by atoms with Gasteiger partial charge in [0.25, 0.3) is 0 Å². The molecule has 0 aliphatic rings. The molecule has 1 aromatic carbocycles. The third-order valence-electron chi connectivity index (χ3n) is 2.24. The maximum absolute atomic E-state index is 5.63. The minimum atomic E-state index is 0.286. The quantitative estimate of drug-likeness (QED) is 0.619. The highest BCUT2D eigenvalue weighted by Gasteiger charge is 2.08. The number of hydrogen-bond donors (Lipinski definition) is 1. The second-order valence-corrected chi connectivity index (χ2v) is 4.87. The summed E-state index contributed by atoms with van der Waals surface area (Å²) in [6.45, 7) is 7.93. The Morgan fingerprint density at radius 3 is 2.76 bits per heavy atom. The van der Waals surface area contributed by atoms with E-state index in [4.69, 9.17) is 9.47 Å². The number of rotatable bonds is 7. The third-order valence-corrected chi connectivity index (χ3v) is 2.86. The predicted octanol–water partition coefficient (Wildman–Crippen LogP) is 3.32. The Morgan fingerprint density at radius 2 is 2.12 bits per heavy atom. The van der Waals surface area contributed by atoms with Crippen molar-refractivity contribution in [3.8, 4) is 5.75 Å². The van der Waals surface area contributed by atoms with Gasteiger partial charge in [-0.25, -0.2) is 0 Å². The van der Waals surface area contributed by atoms with Crippen molar-refractivity contribution in [3.63, 3.8) is 0 Å². The number of nitrogens with one attached hydrogen (secondary N) is 1. The van der Waals surface area contributed by atoms with Crippen LogP contribution in [0.2, 0.25) is 0 Å². The van der Waals surface area contributed by atoms with E-state index >= 15 is 0 Å². The van der Waals surface area contributed by atoms with E-state index in [1.54, 1.807) is 0 Å². The Kier molecular flexibility index (Phi) is 6.55. The molecule has 0 aliphatic carbocycles. The summed E-state index contributed by atoms with van der Waals surface area (Å²) in [7, 11) is 0. The van der Waals surface area contributed by atoms with Crippen LogP contribution in [0.4, 0.5) is 0 Å². The molecule has 0 atom stereocenters. The maximum atomic E-state index is 5.63. The summed E-state index contributed by atoms with van der Waals surface area (Å²) in [5.74, 6) is 0.856. The third kappa shape index (κ3) is 5.06. The predicted molar refractivity (Wildman–Crippen MR) is 73.2 cm³/mol. The van der Waals surface area contributed by atoms with E-state index in [0.29, 0.717) is 12.6 Å². The van der Waals surface area contributed by atoms with Crippen LogP contribution in [0.1, 0.15) is 26.3 Å².